The van der Waals surface area contributed by atoms with Gasteiger partial charge in [-0.1, -0.05) is 0 Å². The topological polar surface area (TPSA) is 0 Å². The Kier molecular flexibility index (Phi) is 3.08. The van der Waals surface area contributed by atoms with Crippen molar-refractivity contribution in [2.45, 2.75) is 33.5 Å². The van der Waals surface area contributed by atoms with Gasteiger partial charge in [0.05, 0.1) is 0 Å². The summed E-state index contributed by atoms with van der Waals surface area (Å²) >= 11 is 0. The number of hydrogen-bond donors (Lipinski definition) is 0. The summed E-state index contributed by atoms with van der Waals surface area (Å²) in [6, 6.07) is 0. The third kappa shape index (κ3) is 1.60. The minimum atomic E-state index is 0.774. The van der Waals surface area contributed by atoms with Crippen molar-refractivity contribution in [3.63, 3.8) is 0 Å². The molecule has 0 aromatic rings. The van der Waals surface area contributed by atoms with Gasteiger partial charge in [0.2, 0.25) is 0 Å². The average Bonchev–Trinajstić information content (AvgIpc) is 2.03. The fraction of sp³-hybridized carbons (Fsp3) is 0.545. The SMILES string of the molecule is C=BCC(=CC)C1=C(C)CC1C. The second-order valence-electron chi connectivity index (χ2n) is 3.61. The molecule has 12 heavy (non-hydrogen) atoms. The van der Waals surface area contributed by atoms with E-state index < -0.39 is 0 Å². The Morgan fingerprint density at radius 3 is 2.75 bits per heavy atom. The minimum absolute atomic E-state index is 0.774. The van der Waals surface area contributed by atoms with Crippen LogP contribution in [0.25, 0.3) is 0 Å². The molecule has 0 nitrogen and oxygen atoms in total. The molecule has 1 aliphatic carbocycles. The maximum atomic E-state index is 3.78. The molecule has 0 amide bonds. The molecule has 1 atom stereocenters. The van der Waals surface area contributed by atoms with Crippen LogP contribution in [0.1, 0.15) is 27.2 Å². The van der Waals surface area contributed by atoms with Crippen molar-refractivity contribution in [3.8, 4) is 0 Å². The van der Waals surface area contributed by atoms with Crippen LogP contribution in [0, 0.1) is 5.92 Å². The van der Waals surface area contributed by atoms with Gasteiger partial charge in [-0.25, -0.2) is 0 Å². The van der Waals surface area contributed by atoms with Crippen LogP contribution in [0.3, 0.4) is 0 Å². The van der Waals surface area contributed by atoms with E-state index in [1.165, 1.54) is 12.0 Å². The van der Waals surface area contributed by atoms with Gasteiger partial charge in [-0.3, -0.25) is 0 Å². The second kappa shape index (κ2) is 3.89. The zero-order valence-corrected chi connectivity index (χ0v) is 8.35. The molecule has 0 saturated carbocycles. The Labute approximate surface area is 76.3 Å². The summed E-state index contributed by atoms with van der Waals surface area (Å²) in [7, 11) is 0. The van der Waals surface area contributed by atoms with E-state index in [1.54, 1.807) is 11.1 Å². The molecular formula is C11H17B. The molecule has 0 heterocycles. The second-order valence-corrected chi connectivity index (χ2v) is 3.61. The Balaban J connectivity index is 2.81. The summed E-state index contributed by atoms with van der Waals surface area (Å²) in [4.78, 5) is 0. The van der Waals surface area contributed by atoms with E-state index in [2.05, 4.69) is 33.3 Å². The van der Waals surface area contributed by atoms with Gasteiger partial charge >= 0.3 is 75.6 Å². The van der Waals surface area contributed by atoms with Crippen LogP contribution in [-0.4, -0.2) is 13.4 Å². The molecule has 64 valence electrons. The van der Waals surface area contributed by atoms with E-state index >= 15 is 0 Å². The molecule has 0 aromatic carbocycles. The van der Waals surface area contributed by atoms with E-state index in [1.807, 2.05) is 6.92 Å². The molecule has 0 bridgehead atoms. The molecule has 0 aliphatic heterocycles. The van der Waals surface area contributed by atoms with E-state index in [4.69, 9.17) is 0 Å². The molecule has 1 aliphatic rings. The normalized spacial score (nSPS) is 23.6. The molecule has 0 N–H and O–H groups in total. The number of allylic oxidation sites excluding steroid dienone is 4. The van der Waals surface area contributed by atoms with Crippen LogP contribution in [0.15, 0.2) is 22.8 Å². The quantitative estimate of drug-likeness (QED) is 0.557. The zero-order valence-electron chi connectivity index (χ0n) is 8.35. The van der Waals surface area contributed by atoms with E-state index in [0.717, 1.165) is 12.2 Å². The van der Waals surface area contributed by atoms with E-state index in [-0.39, 0.29) is 0 Å². The summed E-state index contributed by atoms with van der Waals surface area (Å²) in [5, 5.41) is 0. The summed E-state index contributed by atoms with van der Waals surface area (Å²) < 4.78 is 0. The molecule has 0 aromatic heterocycles. The first-order valence-corrected chi connectivity index (χ1v) is 4.66. The van der Waals surface area contributed by atoms with Crippen LogP contribution < -0.4 is 0 Å². The van der Waals surface area contributed by atoms with Gasteiger partial charge in [-0.15, -0.1) is 0 Å². The van der Waals surface area contributed by atoms with Gasteiger partial charge in [0.1, 0.15) is 0 Å². The summed E-state index contributed by atoms with van der Waals surface area (Å²) in [5.74, 6) is 0.774. The van der Waals surface area contributed by atoms with Crippen molar-refractivity contribution in [2.75, 3.05) is 0 Å². The van der Waals surface area contributed by atoms with E-state index in [0.29, 0.717) is 0 Å². The fourth-order valence-corrected chi connectivity index (χ4v) is 2.09. The van der Waals surface area contributed by atoms with Crippen LogP contribution in [0.5, 0.6) is 0 Å². The predicted molar refractivity (Wildman–Crippen MR) is 57.9 cm³/mol. The third-order valence-electron chi connectivity index (χ3n) is 2.62. The average molecular weight is 160 g/mol. The first-order chi connectivity index (χ1) is 5.70. The first kappa shape index (κ1) is 9.50. The molecule has 0 saturated heterocycles. The summed E-state index contributed by atoms with van der Waals surface area (Å²) in [6.45, 7) is 12.4. The van der Waals surface area contributed by atoms with Crippen molar-refractivity contribution in [2.24, 2.45) is 5.92 Å². The number of hydrogen-bond acceptors (Lipinski definition) is 0. The molecule has 1 unspecified atom stereocenters. The summed E-state index contributed by atoms with van der Waals surface area (Å²) in [5.41, 5.74) is 4.62. The molecule has 0 radical (unpaired) electrons. The van der Waals surface area contributed by atoms with Crippen LogP contribution >= 0.6 is 0 Å². The van der Waals surface area contributed by atoms with Crippen molar-refractivity contribution in [1.29, 1.82) is 0 Å². The Hall–Kier alpha value is -0.585. The monoisotopic (exact) mass is 160 g/mol. The van der Waals surface area contributed by atoms with Gasteiger partial charge in [-0.05, 0) is 0 Å². The van der Waals surface area contributed by atoms with Crippen LogP contribution in [0.4, 0.5) is 0 Å². The molecule has 1 rings (SSSR count). The molecule has 0 spiro atoms. The van der Waals surface area contributed by atoms with Crippen molar-refractivity contribution < 1.29 is 0 Å². The molecule has 1 heteroatoms. The van der Waals surface area contributed by atoms with Gasteiger partial charge in [0.25, 0.3) is 0 Å². The standard InChI is InChI=1S/C11H17B/c1-5-10(7-12-4)11-8(2)6-9(11)3/h5,8H,4,6-7H2,1-3H3. The van der Waals surface area contributed by atoms with Gasteiger partial charge in [0.15, 0.2) is 0 Å². The first-order valence-electron chi connectivity index (χ1n) is 4.66. The van der Waals surface area contributed by atoms with E-state index in [9.17, 15) is 0 Å². The summed E-state index contributed by atoms with van der Waals surface area (Å²) in [6.07, 6.45) is 4.52. The van der Waals surface area contributed by atoms with Crippen LogP contribution in [-0.2, 0) is 0 Å². The fourth-order valence-electron chi connectivity index (χ4n) is 2.09. The zero-order chi connectivity index (χ0) is 9.14. The molecular weight excluding hydrogens is 143 g/mol. The van der Waals surface area contributed by atoms with Crippen LogP contribution in [0.2, 0.25) is 6.32 Å². The Morgan fingerprint density at radius 2 is 2.42 bits per heavy atom. The Bertz CT molecular complexity index is 246. The Morgan fingerprint density at radius 1 is 1.75 bits per heavy atom. The predicted octanol–water partition coefficient (Wildman–Crippen LogP) is 2.84. The third-order valence-corrected chi connectivity index (χ3v) is 2.62. The molecule has 0 fully saturated rings. The van der Waals surface area contributed by atoms with Crippen molar-refractivity contribution in [1.82, 2.24) is 0 Å². The maximum absolute atomic E-state index is 3.78. The van der Waals surface area contributed by atoms with Crippen molar-refractivity contribution >= 4 is 13.4 Å². The van der Waals surface area contributed by atoms with Gasteiger partial charge < -0.3 is 0 Å². The van der Waals surface area contributed by atoms with Gasteiger partial charge in [-0.2, -0.15) is 0 Å². The number of rotatable bonds is 3. The van der Waals surface area contributed by atoms with Crippen molar-refractivity contribution in [3.05, 3.63) is 22.8 Å². The van der Waals surface area contributed by atoms with Gasteiger partial charge in [0, 0.05) is 0 Å².